The van der Waals surface area contributed by atoms with Crippen LogP contribution >= 0.6 is 0 Å². The number of amides is 1. The molecule has 1 fully saturated rings. The molecule has 1 aliphatic carbocycles. The molecule has 0 heterocycles. The summed E-state index contributed by atoms with van der Waals surface area (Å²) in [6.45, 7) is 0.704. The lowest BCUT2D eigenvalue weighted by atomic mass is 9.89. The first kappa shape index (κ1) is 12.9. The summed E-state index contributed by atoms with van der Waals surface area (Å²) in [5, 5.41) is 2.90. The van der Waals surface area contributed by atoms with Gasteiger partial charge in [-0.15, -0.1) is 0 Å². The first-order chi connectivity index (χ1) is 8.66. The summed E-state index contributed by atoms with van der Waals surface area (Å²) in [5.74, 6) is -0.0772. The van der Waals surface area contributed by atoms with E-state index in [1.54, 1.807) is 0 Å². The summed E-state index contributed by atoms with van der Waals surface area (Å²) in [6, 6.07) is 4.07. The number of nitrogen functional groups attached to an aromatic ring is 1. The van der Waals surface area contributed by atoms with Gasteiger partial charge in [-0.3, -0.25) is 4.79 Å². The van der Waals surface area contributed by atoms with Crippen molar-refractivity contribution < 1.29 is 9.18 Å². The minimum atomic E-state index is -0.487. The van der Waals surface area contributed by atoms with Crippen molar-refractivity contribution in [3.63, 3.8) is 0 Å². The number of nitrogens with two attached hydrogens (primary N) is 1. The van der Waals surface area contributed by atoms with Crippen LogP contribution in [0.15, 0.2) is 18.2 Å². The van der Waals surface area contributed by atoms with Crippen LogP contribution in [-0.2, 0) is 0 Å². The molecule has 98 valence electrons. The molecular formula is C14H19FN2O. The van der Waals surface area contributed by atoms with Gasteiger partial charge >= 0.3 is 0 Å². The molecule has 2 rings (SSSR count). The Morgan fingerprint density at radius 1 is 1.33 bits per heavy atom. The third-order valence-corrected chi connectivity index (χ3v) is 3.53. The van der Waals surface area contributed by atoms with Crippen LogP contribution in [0, 0.1) is 11.7 Å². The molecule has 4 heteroatoms. The zero-order valence-electron chi connectivity index (χ0n) is 10.4. The second kappa shape index (κ2) is 5.85. The normalized spacial score (nSPS) is 16.5. The Hall–Kier alpha value is -1.58. The molecular weight excluding hydrogens is 231 g/mol. The lowest BCUT2D eigenvalue weighted by Gasteiger charge is -2.21. The standard InChI is InChI=1S/C14H19FN2O/c15-12-7-6-11(8-13(12)16)14(18)17-9-10-4-2-1-3-5-10/h6-8,10H,1-5,9,16H2,(H,17,18). The van der Waals surface area contributed by atoms with Gasteiger partial charge in [0.05, 0.1) is 5.69 Å². The number of hydrogen-bond acceptors (Lipinski definition) is 2. The molecule has 1 aromatic rings. The number of nitrogens with one attached hydrogen (secondary N) is 1. The van der Waals surface area contributed by atoms with Gasteiger partial charge in [-0.05, 0) is 37.0 Å². The van der Waals surface area contributed by atoms with Gasteiger partial charge in [0.2, 0.25) is 0 Å². The average molecular weight is 250 g/mol. The van der Waals surface area contributed by atoms with Crippen molar-refractivity contribution in [3.8, 4) is 0 Å². The first-order valence-corrected chi connectivity index (χ1v) is 6.50. The van der Waals surface area contributed by atoms with Crippen molar-refractivity contribution in [1.29, 1.82) is 0 Å². The molecule has 0 atom stereocenters. The van der Waals surface area contributed by atoms with Crippen LogP contribution < -0.4 is 11.1 Å². The van der Waals surface area contributed by atoms with Crippen LogP contribution in [-0.4, -0.2) is 12.5 Å². The Labute approximate surface area is 107 Å². The second-order valence-corrected chi connectivity index (χ2v) is 4.95. The molecule has 3 nitrogen and oxygen atoms in total. The van der Waals surface area contributed by atoms with E-state index in [-0.39, 0.29) is 11.6 Å². The summed E-state index contributed by atoms with van der Waals surface area (Å²) in [5.41, 5.74) is 5.88. The first-order valence-electron chi connectivity index (χ1n) is 6.50. The number of carbonyl (C=O) groups excluding carboxylic acids is 1. The Bertz CT molecular complexity index is 428. The number of rotatable bonds is 3. The van der Waals surface area contributed by atoms with Crippen LogP contribution in [0.2, 0.25) is 0 Å². The second-order valence-electron chi connectivity index (χ2n) is 4.95. The molecule has 0 aliphatic heterocycles. The molecule has 0 bridgehead atoms. The van der Waals surface area contributed by atoms with E-state index in [9.17, 15) is 9.18 Å². The van der Waals surface area contributed by atoms with E-state index < -0.39 is 5.82 Å². The lowest BCUT2D eigenvalue weighted by molar-refractivity contribution is 0.0943. The van der Waals surface area contributed by atoms with Crippen molar-refractivity contribution in [2.45, 2.75) is 32.1 Å². The van der Waals surface area contributed by atoms with Gasteiger partial charge in [-0.1, -0.05) is 19.3 Å². The monoisotopic (exact) mass is 250 g/mol. The molecule has 0 unspecified atom stereocenters. The molecule has 1 aliphatic rings. The van der Waals surface area contributed by atoms with Crippen molar-refractivity contribution in [2.24, 2.45) is 5.92 Å². The van der Waals surface area contributed by atoms with Gasteiger partial charge in [0.25, 0.3) is 5.91 Å². The van der Waals surface area contributed by atoms with Gasteiger partial charge < -0.3 is 11.1 Å². The SMILES string of the molecule is Nc1cc(C(=O)NCC2CCCCC2)ccc1F. The van der Waals surface area contributed by atoms with E-state index in [0.29, 0.717) is 18.0 Å². The summed E-state index contributed by atoms with van der Waals surface area (Å²) in [4.78, 5) is 11.9. The van der Waals surface area contributed by atoms with Gasteiger partial charge in [-0.25, -0.2) is 4.39 Å². The van der Waals surface area contributed by atoms with Crippen molar-refractivity contribution >= 4 is 11.6 Å². The predicted molar refractivity (Wildman–Crippen MR) is 69.7 cm³/mol. The van der Waals surface area contributed by atoms with Crippen LogP contribution in [0.3, 0.4) is 0 Å². The fraction of sp³-hybridized carbons (Fsp3) is 0.500. The maximum atomic E-state index is 13.0. The van der Waals surface area contributed by atoms with Gasteiger partial charge in [0.1, 0.15) is 5.82 Å². The topological polar surface area (TPSA) is 55.1 Å². The predicted octanol–water partition coefficient (Wildman–Crippen LogP) is 2.72. The van der Waals surface area contributed by atoms with E-state index in [0.717, 1.165) is 0 Å². The zero-order chi connectivity index (χ0) is 13.0. The zero-order valence-corrected chi connectivity index (χ0v) is 10.4. The van der Waals surface area contributed by atoms with Gasteiger partial charge in [-0.2, -0.15) is 0 Å². The van der Waals surface area contributed by atoms with E-state index in [2.05, 4.69) is 5.32 Å². The third kappa shape index (κ3) is 3.22. The fourth-order valence-corrected chi connectivity index (χ4v) is 2.42. The van der Waals surface area contributed by atoms with Crippen LogP contribution in [0.4, 0.5) is 10.1 Å². The number of anilines is 1. The molecule has 3 N–H and O–H groups in total. The fourth-order valence-electron chi connectivity index (χ4n) is 2.42. The highest BCUT2D eigenvalue weighted by molar-refractivity contribution is 5.95. The number of carbonyl (C=O) groups is 1. The van der Waals surface area contributed by atoms with Crippen LogP contribution in [0.5, 0.6) is 0 Å². The van der Waals surface area contributed by atoms with Crippen LogP contribution in [0.1, 0.15) is 42.5 Å². The quantitative estimate of drug-likeness (QED) is 0.810. The molecule has 1 saturated carbocycles. The molecule has 18 heavy (non-hydrogen) atoms. The summed E-state index contributed by atoms with van der Waals surface area (Å²) >= 11 is 0. The summed E-state index contributed by atoms with van der Waals surface area (Å²) < 4.78 is 13.0. The smallest absolute Gasteiger partial charge is 0.251 e. The summed E-state index contributed by atoms with van der Waals surface area (Å²) in [7, 11) is 0. The highest BCUT2D eigenvalue weighted by Crippen LogP contribution is 2.22. The van der Waals surface area contributed by atoms with Gasteiger partial charge in [0, 0.05) is 12.1 Å². The molecule has 1 amide bonds. The van der Waals surface area contributed by atoms with Gasteiger partial charge in [0.15, 0.2) is 0 Å². The van der Waals surface area contributed by atoms with E-state index >= 15 is 0 Å². The largest absolute Gasteiger partial charge is 0.396 e. The lowest BCUT2D eigenvalue weighted by Crippen LogP contribution is -2.30. The maximum absolute atomic E-state index is 13.0. The molecule has 0 radical (unpaired) electrons. The molecule has 1 aromatic carbocycles. The Balaban J connectivity index is 1.88. The highest BCUT2D eigenvalue weighted by atomic mass is 19.1. The Morgan fingerprint density at radius 3 is 2.72 bits per heavy atom. The summed E-state index contributed by atoms with van der Waals surface area (Å²) in [6.07, 6.45) is 6.19. The Morgan fingerprint density at radius 2 is 2.06 bits per heavy atom. The average Bonchev–Trinajstić information content (AvgIpc) is 2.40. The van der Waals surface area contributed by atoms with E-state index in [1.165, 1.54) is 50.3 Å². The third-order valence-electron chi connectivity index (χ3n) is 3.53. The van der Waals surface area contributed by atoms with Crippen molar-refractivity contribution in [1.82, 2.24) is 5.32 Å². The minimum absolute atomic E-state index is 0.0142. The number of benzene rings is 1. The maximum Gasteiger partial charge on any atom is 0.251 e. The minimum Gasteiger partial charge on any atom is -0.396 e. The van der Waals surface area contributed by atoms with Crippen molar-refractivity contribution in [3.05, 3.63) is 29.6 Å². The number of hydrogen-bond donors (Lipinski definition) is 2. The number of halogens is 1. The van der Waals surface area contributed by atoms with Crippen LogP contribution in [0.25, 0.3) is 0 Å². The highest BCUT2D eigenvalue weighted by Gasteiger charge is 2.15. The van der Waals surface area contributed by atoms with Crippen molar-refractivity contribution in [2.75, 3.05) is 12.3 Å². The Kier molecular flexibility index (Phi) is 4.18. The van der Waals surface area contributed by atoms with E-state index in [4.69, 9.17) is 5.73 Å². The molecule has 0 aromatic heterocycles. The molecule has 0 saturated heterocycles. The molecule has 0 spiro atoms. The van der Waals surface area contributed by atoms with E-state index in [1.807, 2.05) is 0 Å².